The van der Waals surface area contributed by atoms with Gasteiger partial charge in [-0.3, -0.25) is 9.69 Å². The van der Waals surface area contributed by atoms with Crippen molar-refractivity contribution >= 4 is 16.7 Å². The molecular formula is C29H34N2O5. The second kappa shape index (κ2) is 10.4. The van der Waals surface area contributed by atoms with Gasteiger partial charge < -0.3 is 24.2 Å². The third kappa shape index (κ3) is 4.73. The average Bonchev–Trinajstić information content (AvgIpc) is 3.35. The fourth-order valence-electron chi connectivity index (χ4n) is 5.66. The first-order chi connectivity index (χ1) is 17.5. The van der Waals surface area contributed by atoms with Gasteiger partial charge in [-0.05, 0) is 59.0 Å². The van der Waals surface area contributed by atoms with Crippen molar-refractivity contribution in [3.63, 3.8) is 0 Å². The molecule has 7 nitrogen and oxygen atoms in total. The summed E-state index contributed by atoms with van der Waals surface area (Å²) in [6.07, 6.45) is 1.82. The van der Waals surface area contributed by atoms with E-state index in [1.807, 2.05) is 29.2 Å². The van der Waals surface area contributed by atoms with Gasteiger partial charge in [-0.25, -0.2) is 0 Å². The molecule has 190 valence electrons. The summed E-state index contributed by atoms with van der Waals surface area (Å²) >= 11 is 0. The van der Waals surface area contributed by atoms with Gasteiger partial charge in [0.05, 0.1) is 27.4 Å². The summed E-state index contributed by atoms with van der Waals surface area (Å²) in [5.41, 5.74) is 2.84. The molecule has 2 aliphatic heterocycles. The Kier molecular flexibility index (Phi) is 7.03. The van der Waals surface area contributed by atoms with E-state index in [4.69, 9.17) is 14.2 Å². The van der Waals surface area contributed by atoms with Gasteiger partial charge in [0.25, 0.3) is 5.91 Å². The Hall–Kier alpha value is -3.29. The predicted octanol–water partition coefficient (Wildman–Crippen LogP) is 3.54. The van der Waals surface area contributed by atoms with E-state index in [-0.39, 0.29) is 11.9 Å². The van der Waals surface area contributed by atoms with Crippen LogP contribution in [0.2, 0.25) is 0 Å². The van der Waals surface area contributed by atoms with Crippen LogP contribution in [0.3, 0.4) is 0 Å². The lowest BCUT2D eigenvalue weighted by Crippen LogP contribution is -2.46. The van der Waals surface area contributed by atoms with Crippen LogP contribution in [0.25, 0.3) is 10.8 Å². The third-order valence-corrected chi connectivity index (χ3v) is 7.51. The second-order valence-electron chi connectivity index (χ2n) is 9.68. The number of fused-ring (bicyclic) bond motifs is 2. The second-order valence-corrected chi connectivity index (χ2v) is 9.68. The van der Waals surface area contributed by atoms with Gasteiger partial charge in [0.2, 0.25) is 0 Å². The molecule has 0 bridgehead atoms. The molecule has 2 aliphatic rings. The molecule has 0 spiro atoms. The van der Waals surface area contributed by atoms with Gasteiger partial charge in [0.15, 0.2) is 11.5 Å². The van der Waals surface area contributed by atoms with Gasteiger partial charge in [0, 0.05) is 44.2 Å². The number of amides is 1. The first-order valence-electron chi connectivity index (χ1n) is 12.5. The van der Waals surface area contributed by atoms with Crippen LogP contribution in [-0.2, 0) is 12.8 Å². The highest BCUT2D eigenvalue weighted by molar-refractivity contribution is 5.97. The Morgan fingerprint density at radius 3 is 2.58 bits per heavy atom. The normalized spacial score (nSPS) is 18.8. The van der Waals surface area contributed by atoms with E-state index in [2.05, 4.69) is 23.1 Å². The maximum atomic E-state index is 13.4. The van der Waals surface area contributed by atoms with E-state index in [0.29, 0.717) is 36.6 Å². The van der Waals surface area contributed by atoms with Gasteiger partial charge in [-0.15, -0.1) is 0 Å². The predicted molar refractivity (Wildman–Crippen MR) is 139 cm³/mol. The lowest BCUT2D eigenvalue weighted by atomic mass is 9.96. The number of aliphatic hydroxyl groups is 1. The van der Waals surface area contributed by atoms with E-state index in [1.54, 1.807) is 27.4 Å². The number of likely N-dealkylation sites (tertiary alicyclic amines) is 1. The van der Waals surface area contributed by atoms with Crippen LogP contribution in [0, 0.1) is 0 Å². The van der Waals surface area contributed by atoms with Crippen molar-refractivity contribution in [2.45, 2.75) is 31.4 Å². The monoisotopic (exact) mass is 490 g/mol. The third-order valence-electron chi connectivity index (χ3n) is 7.51. The fourth-order valence-corrected chi connectivity index (χ4v) is 5.66. The van der Waals surface area contributed by atoms with Gasteiger partial charge in [-0.2, -0.15) is 0 Å². The number of hydrogen-bond acceptors (Lipinski definition) is 6. The maximum absolute atomic E-state index is 13.4. The smallest absolute Gasteiger partial charge is 0.254 e. The number of rotatable bonds is 8. The highest BCUT2D eigenvalue weighted by Gasteiger charge is 2.35. The summed E-state index contributed by atoms with van der Waals surface area (Å²) in [6.45, 7) is 2.93. The van der Waals surface area contributed by atoms with Gasteiger partial charge in [0.1, 0.15) is 5.75 Å². The van der Waals surface area contributed by atoms with Crippen LogP contribution in [0.15, 0.2) is 48.5 Å². The quantitative estimate of drug-likeness (QED) is 0.521. The minimum atomic E-state index is -0.481. The highest BCUT2D eigenvalue weighted by Crippen LogP contribution is 2.34. The first kappa shape index (κ1) is 24.4. The molecule has 2 heterocycles. The Bertz CT molecular complexity index is 1260. The van der Waals surface area contributed by atoms with Crippen LogP contribution >= 0.6 is 0 Å². The molecule has 0 radical (unpaired) electrons. The highest BCUT2D eigenvalue weighted by atomic mass is 16.5. The Morgan fingerprint density at radius 2 is 1.81 bits per heavy atom. The number of aliphatic hydroxyl groups excluding tert-OH is 1. The number of methoxy groups -OCH3 is 3. The molecule has 1 N–H and O–H groups in total. The van der Waals surface area contributed by atoms with Crippen molar-refractivity contribution in [1.29, 1.82) is 0 Å². The number of β-amino-alcohol motifs (C(OH)–C–C–N with tert-alkyl or cyclic N) is 1. The van der Waals surface area contributed by atoms with Crippen molar-refractivity contribution in [3.05, 3.63) is 65.2 Å². The van der Waals surface area contributed by atoms with E-state index in [9.17, 15) is 9.90 Å². The lowest BCUT2D eigenvalue weighted by molar-refractivity contribution is 0.0653. The molecule has 3 aromatic carbocycles. The first-order valence-corrected chi connectivity index (χ1v) is 12.5. The van der Waals surface area contributed by atoms with Crippen molar-refractivity contribution < 1.29 is 24.1 Å². The van der Waals surface area contributed by atoms with Crippen LogP contribution in [0.1, 0.15) is 27.9 Å². The number of carbonyl (C=O) groups excluding carboxylic acids is 1. The summed E-state index contributed by atoms with van der Waals surface area (Å²) in [4.78, 5) is 17.6. The van der Waals surface area contributed by atoms with Crippen LogP contribution < -0.4 is 14.2 Å². The largest absolute Gasteiger partial charge is 0.497 e. The Balaban J connectivity index is 1.22. The minimum Gasteiger partial charge on any atom is -0.497 e. The average molecular weight is 491 g/mol. The molecule has 1 saturated heterocycles. The van der Waals surface area contributed by atoms with Crippen molar-refractivity contribution in [3.8, 4) is 17.2 Å². The Labute approximate surface area is 212 Å². The molecule has 36 heavy (non-hydrogen) atoms. The van der Waals surface area contributed by atoms with Crippen molar-refractivity contribution in [2.75, 3.05) is 47.5 Å². The molecule has 0 saturated carbocycles. The van der Waals surface area contributed by atoms with Crippen molar-refractivity contribution in [2.24, 2.45) is 0 Å². The lowest BCUT2D eigenvalue weighted by Gasteiger charge is -2.34. The van der Waals surface area contributed by atoms with E-state index < -0.39 is 6.10 Å². The molecule has 0 aliphatic carbocycles. The topological polar surface area (TPSA) is 71.5 Å². The summed E-state index contributed by atoms with van der Waals surface area (Å²) < 4.78 is 16.2. The van der Waals surface area contributed by atoms with Gasteiger partial charge >= 0.3 is 0 Å². The zero-order valence-corrected chi connectivity index (χ0v) is 21.2. The van der Waals surface area contributed by atoms with Crippen LogP contribution in [-0.4, -0.2) is 80.5 Å². The molecule has 3 aromatic rings. The zero-order valence-electron chi connectivity index (χ0n) is 21.2. The number of ether oxygens (including phenoxy) is 3. The molecule has 1 amide bonds. The molecule has 2 unspecified atom stereocenters. The van der Waals surface area contributed by atoms with Crippen LogP contribution in [0.5, 0.6) is 17.2 Å². The Morgan fingerprint density at radius 1 is 1.00 bits per heavy atom. The summed E-state index contributed by atoms with van der Waals surface area (Å²) in [5.74, 6) is 2.12. The van der Waals surface area contributed by atoms with E-state index in [1.165, 1.54) is 0 Å². The summed E-state index contributed by atoms with van der Waals surface area (Å²) in [6, 6.07) is 16.1. The number of nitrogens with zero attached hydrogens (tertiary/aromatic N) is 2. The maximum Gasteiger partial charge on any atom is 0.254 e. The summed E-state index contributed by atoms with van der Waals surface area (Å²) in [5, 5.41) is 13.2. The molecule has 7 heteroatoms. The molecule has 0 aromatic heterocycles. The number of carbonyl (C=O) groups is 1. The summed E-state index contributed by atoms with van der Waals surface area (Å²) in [7, 11) is 4.87. The van der Waals surface area contributed by atoms with E-state index in [0.717, 1.165) is 53.6 Å². The van der Waals surface area contributed by atoms with E-state index >= 15 is 0 Å². The molecule has 2 atom stereocenters. The number of benzene rings is 3. The minimum absolute atomic E-state index is 0.0517. The SMILES string of the molecule is COc1ccc2c(CC(O)CN3CCC(N4CCc5cc(OC)c(OC)cc5C4=O)C3)cccc2c1. The van der Waals surface area contributed by atoms with Gasteiger partial charge in [-0.1, -0.05) is 24.3 Å². The fraction of sp³-hybridized carbons (Fsp3) is 0.414. The van der Waals surface area contributed by atoms with Crippen LogP contribution in [0.4, 0.5) is 0 Å². The molecule has 1 fully saturated rings. The number of hydrogen-bond donors (Lipinski definition) is 1. The molecular weight excluding hydrogens is 456 g/mol. The molecule has 5 rings (SSSR count). The van der Waals surface area contributed by atoms with Crippen molar-refractivity contribution in [1.82, 2.24) is 9.80 Å². The zero-order chi connectivity index (χ0) is 25.2. The standard InChI is InChI=1S/C29H34N2O5/c1-34-24-7-8-25-19(5-4-6-20(25)14-24)13-23(32)18-30-11-10-22(17-30)31-12-9-21-15-27(35-2)28(36-3)16-26(21)29(31)33/h4-8,14-16,22-23,32H,9-13,17-18H2,1-3H3.